The predicted molar refractivity (Wildman–Crippen MR) is 126 cm³/mol. The molecular weight excluding hydrogens is 418 g/mol. The van der Waals surface area contributed by atoms with Crippen LogP contribution in [0.4, 0.5) is 0 Å². The van der Waals surface area contributed by atoms with E-state index in [2.05, 4.69) is 20.9 Å². The Morgan fingerprint density at radius 1 is 1.18 bits per heavy atom. The molecule has 0 radical (unpaired) electrons. The van der Waals surface area contributed by atoms with Crippen LogP contribution in [0, 0.1) is 11.8 Å². The number of pyridine rings is 1. The van der Waals surface area contributed by atoms with E-state index in [0.29, 0.717) is 6.54 Å². The number of methoxy groups -OCH3 is 1. The van der Waals surface area contributed by atoms with Gasteiger partial charge in [-0.05, 0) is 87.4 Å². The molecule has 4 rings (SSSR count). The van der Waals surface area contributed by atoms with Crippen molar-refractivity contribution in [1.82, 2.24) is 14.9 Å². The SMILES string of the molecule is COc1ccc2nccc(CCC[C@@H]3CCN(CCCCc4ncco4)C[C@@H]3C(=O)O)c2c1. The van der Waals surface area contributed by atoms with Crippen LogP contribution in [0.25, 0.3) is 10.9 Å². The first-order valence-corrected chi connectivity index (χ1v) is 11.9. The summed E-state index contributed by atoms with van der Waals surface area (Å²) in [5.74, 6) is 0.880. The van der Waals surface area contributed by atoms with Gasteiger partial charge in [-0.1, -0.05) is 0 Å². The number of carboxylic acid groups (broad SMARTS) is 1. The molecule has 7 nitrogen and oxygen atoms in total. The maximum atomic E-state index is 12.0. The average molecular weight is 452 g/mol. The van der Waals surface area contributed by atoms with Crippen LogP contribution in [0.1, 0.15) is 43.6 Å². The number of fused-ring (bicyclic) bond motifs is 1. The molecule has 1 fully saturated rings. The van der Waals surface area contributed by atoms with Crippen LogP contribution in [-0.2, 0) is 17.6 Å². The number of rotatable bonds is 11. The number of nitrogens with zero attached hydrogens (tertiary/aromatic N) is 3. The largest absolute Gasteiger partial charge is 0.497 e. The van der Waals surface area contributed by atoms with Crippen LogP contribution < -0.4 is 4.74 Å². The van der Waals surface area contributed by atoms with Crippen molar-refractivity contribution in [3.8, 4) is 5.75 Å². The summed E-state index contributed by atoms with van der Waals surface area (Å²) in [5.41, 5.74) is 2.21. The molecule has 1 aliphatic heterocycles. The number of unbranched alkanes of at least 4 members (excludes halogenated alkanes) is 1. The highest BCUT2D eigenvalue weighted by Crippen LogP contribution is 2.30. The van der Waals surface area contributed by atoms with Crippen LogP contribution >= 0.6 is 0 Å². The summed E-state index contributed by atoms with van der Waals surface area (Å²) in [6.45, 7) is 2.55. The predicted octanol–water partition coefficient (Wildman–Crippen LogP) is 4.60. The number of aryl methyl sites for hydroxylation is 2. The van der Waals surface area contributed by atoms with Crippen LogP contribution in [0.3, 0.4) is 0 Å². The number of ether oxygens (including phenoxy) is 1. The van der Waals surface area contributed by atoms with Gasteiger partial charge in [0, 0.05) is 24.5 Å². The van der Waals surface area contributed by atoms with Crippen molar-refractivity contribution in [1.29, 1.82) is 0 Å². The number of oxazole rings is 1. The molecule has 0 spiro atoms. The van der Waals surface area contributed by atoms with Gasteiger partial charge in [0.05, 0.1) is 24.7 Å². The first-order valence-electron chi connectivity index (χ1n) is 11.9. The number of carboxylic acids is 1. The van der Waals surface area contributed by atoms with E-state index in [1.54, 1.807) is 19.6 Å². The second-order valence-electron chi connectivity index (χ2n) is 8.92. The van der Waals surface area contributed by atoms with Gasteiger partial charge in [-0.3, -0.25) is 9.78 Å². The Hall–Kier alpha value is -2.93. The van der Waals surface area contributed by atoms with E-state index in [9.17, 15) is 9.90 Å². The molecule has 2 atom stereocenters. The minimum Gasteiger partial charge on any atom is -0.497 e. The Labute approximate surface area is 194 Å². The molecule has 0 amide bonds. The highest BCUT2D eigenvalue weighted by molar-refractivity contribution is 5.83. The summed E-state index contributed by atoms with van der Waals surface area (Å²) in [5, 5.41) is 11.0. The summed E-state index contributed by atoms with van der Waals surface area (Å²) in [4.78, 5) is 22.9. The number of aliphatic carboxylic acids is 1. The standard InChI is InChI=1S/C26H33N3O4/c1-32-21-8-9-24-22(17-21)19(10-12-27-24)5-4-6-20-11-15-29(18-23(20)26(30)31)14-3-2-7-25-28-13-16-33-25/h8-10,12-13,16-17,20,23H,2-7,11,14-15,18H2,1H3,(H,30,31)/t20-,23+/m1/s1. The average Bonchev–Trinajstić information content (AvgIpc) is 3.36. The van der Waals surface area contributed by atoms with Crippen LogP contribution in [0.2, 0.25) is 0 Å². The lowest BCUT2D eigenvalue weighted by molar-refractivity contribution is -0.146. The van der Waals surface area contributed by atoms with E-state index in [1.807, 2.05) is 24.4 Å². The van der Waals surface area contributed by atoms with Crippen molar-refractivity contribution >= 4 is 16.9 Å². The molecule has 1 N–H and O–H groups in total. The number of benzene rings is 1. The van der Waals surface area contributed by atoms with Crippen molar-refractivity contribution in [2.24, 2.45) is 11.8 Å². The zero-order valence-electron chi connectivity index (χ0n) is 19.3. The first kappa shape index (κ1) is 23.2. The maximum absolute atomic E-state index is 12.0. The number of hydrogen-bond donors (Lipinski definition) is 1. The smallest absolute Gasteiger partial charge is 0.308 e. The fraction of sp³-hybridized carbons (Fsp3) is 0.500. The van der Waals surface area contributed by atoms with E-state index in [0.717, 1.165) is 80.6 Å². The number of aromatic nitrogens is 2. The molecule has 0 bridgehead atoms. The Kier molecular flexibility index (Phi) is 7.94. The van der Waals surface area contributed by atoms with E-state index >= 15 is 0 Å². The van der Waals surface area contributed by atoms with Crippen molar-refractivity contribution in [2.45, 2.75) is 44.9 Å². The van der Waals surface area contributed by atoms with E-state index in [-0.39, 0.29) is 11.8 Å². The minimum absolute atomic E-state index is 0.230. The number of likely N-dealkylation sites (tertiary alicyclic amines) is 1. The Morgan fingerprint density at radius 2 is 2.09 bits per heavy atom. The summed E-state index contributed by atoms with van der Waals surface area (Å²) >= 11 is 0. The maximum Gasteiger partial charge on any atom is 0.308 e. The van der Waals surface area contributed by atoms with Crippen molar-refractivity contribution in [3.63, 3.8) is 0 Å². The van der Waals surface area contributed by atoms with E-state index < -0.39 is 5.97 Å². The molecule has 1 aromatic carbocycles. The van der Waals surface area contributed by atoms with Crippen LogP contribution in [-0.4, -0.2) is 52.7 Å². The molecule has 1 aliphatic rings. The summed E-state index contributed by atoms with van der Waals surface area (Å²) < 4.78 is 10.7. The number of hydrogen-bond acceptors (Lipinski definition) is 6. The highest BCUT2D eigenvalue weighted by Gasteiger charge is 2.33. The van der Waals surface area contributed by atoms with Gasteiger partial charge in [-0.15, -0.1) is 0 Å². The molecule has 7 heteroatoms. The second kappa shape index (κ2) is 11.3. The van der Waals surface area contributed by atoms with Gasteiger partial charge in [-0.2, -0.15) is 0 Å². The Balaban J connectivity index is 1.27. The zero-order chi connectivity index (χ0) is 23.0. The third-order valence-corrected chi connectivity index (χ3v) is 6.82. The monoisotopic (exact) mass is 451 g/mol. The van der Waals surface area contributed by atoms with Gasteiger partial charge in [0.2, 0.25) is 0 Å². The molecule has 2 aromatic heterocycles. The molecule has 0 unspecified atom stereocenters. The lowest BCUT2D eigenvalue weighted by Crippen LogP contribution is -2.44. The van der Waals surface area contributed by atoms with Crippen LogP contribution in [0.15, 0.2) is 47.3 Å². The fourth-order valence-electron chi connectivity index (χ4n) is 4.97. The lowest BCUT2D eigenvalue weighted by Gasteiger charge is -2.36. The van der Waals surface area contributed by atoms with Crippen molar-refractivity contribution in [2.75, 3.05) is 26.7 Å². The highest BCUT2D eigenvalue weighted by atomic mass is 16.5. The van der Waals surface area contributed by atoms with Gasteiger partial charge in [0.15, 0.2) is 5.89 Å². The quantitative estimate of drug-likeness (QED) is 0.426. The van der Waals surface area contributed by atoms with Gasteiger partial charge in [-0.25, -0.2) is 4.98 Å². The minimum atomic E-state index is -0.663. The summed E-state index contributed by atoms with van der Waals surface area (Å²) in [7, 11) is 1.67. The van der Waals surface area contributed by atoms with Gasteiger partial charge in [0.1, 0.15) is 12.0 Å². The van der Waals surface area contributed by atoms with Crippen molar-refractivity contribution in [3.05, 3.63) is 54.4 Å². The summed E-state index contributed by atoms with van der Waals surface area (Å²) in [6, 6.07) is 8.02. The molecule has 1 saturated heterocycles. The fourth-order valence-corrected chi connectivity index (χ4v) is 4.97. The third-order valence-electron chi connectivity index (χ3n) is 6.82. The topological polar surface area (TPSA) is 88.7 Å². The van der Waals surface area contributed by atoms with Gasteiger partial charge in [0.25, 0.3) is 0 Å². The van der Waals surface area contributed by atoms with Gasteiger partial charge >= 0.3 is 5.97 Å². The second-order valence-corrected chi connectivity index (χ2v) is 8.92. The molecule has 3 heterocycles. The normalized spacial score (nSPS) is 19.1. The number of carbonyl (C=O) groups is 1. The molecule has 3 aromatic rings. The van der Waals surface area contributed by atoms with Crippen molar-refractivity contribution < 1.29 is 19.1 Å². The van der Waals surface area contributed by atoms with Crippen LogP contribution in [0.5, 0.6) is 5.75 Å². The zero-order valence-corrected chi connectivity index (χ0v) is 19.3. The molecule has 33 heavy (non-hydrogen) atoms. The Bertz CT molecular complexity index is 1040. The molecular formula is C26H33N3O4. The lowest BCUT2D eigenvalue weighted by atomic mass is 9.81. The third kappa shape index (κ3) is 6.11. The first-order chi connectivity index (χ1) is 16.1. The molecule has 176 valence electrons. The summed E-state index contributed by atoms with van der Waals surface area (Å²) in [6.07, 6.45) is 11.8. The molecule has 0 saturated carbocycles. The number of piperidine rings is 1. The van der Waals surface area contributed by atoms with Gasteiger partial charge < -0.3 is 19.2 Å². The Morgan fingerprint density at radius 3 is 2.88 bits per heavy atom. The van der Waals surface area contributed by atoms with E-state index in [4.69, 9.17) is 9.15 Å². The molecule has 0 aliphatic carbocycles. The van der Waals surface area contributed by atoms with E-state index in [1.165, 1.54) is 5.56 Å².